The Bertz CT molecular complexity index is 1470. The van der Waals surface area contributed by atoms with Crippen molar-refractivity contribution >= 4 is 26.5 Å². The van der Waals surface area contributed by atoms with E-state index in [0.29, 0.717) is 41.1 Å². The first-order valence-electron chi connectivity index (χ1n) is 10.7. The average molecular weight is 462 g/mol. The molecule has 0 bridgehead atoms. The van der Waals surface area contributed by atoms with Crippen LogP contribution in [0.5, 0.6) is 0 Å². The Morgan fingerprint density at radius 1 is 0.818 bits per heavy atom. The molecule has 0 atom stereocenters. The molecule has 1 fully saturated rings. The normalized spacial score (nSPS) is 14.5. The number of rotatable bonds is 4. The second kappa shape index (κ2) is 8.50. The number of fused-ring (bicyclic) bond motifs is 1. The first kappa shape index (κ1) is 21.4. The summed E-state index contributed by atoms with van der Waals surface area (Å²) in [4.78, 5) is 16.0. The van der Waals surface area contributed by atoms with E-state index in [-0.39, 0.29) is 10.3 Å². The first-order valence-corrected chi connectivity index (χ1v) is 12.6. The Labute approximate surface area is 192 Å². The lowest BCUT2D eigenvalue weighted by Crippen LogP contribution is -2.36. The monoisotopic (exact) mass is 461 g/mol. The van der Waals surface area contributed by atoms with Crippen LogP contribution < -0.4 is 10.3 Å². The molecule has 0 amide bonds. The van der Waals surface area contributed by atoms with Crippen LogP contribution >= 0.6 is 0 Å². The minimum atomic E-state index is -3.33. The Morgan fingerprint density at radius 3 is 2.12 bits per heavy atom. The van der Waals surface area contributed by atoms with E-state index in [4.69, 9.17) is 9.15 Å². The number of sulfone groups is 1. The Kier molecular flexibility index (Phi) is 5.52. The molecule has 0 unspecified atom stereocenters. The maximum atomic E-state index is 13.6. The number of benzene rings is 3. The van der Waals surface area contributed by atoms with Crippen LogP contribution in [-0.4, -0.2) is 41.0 Å². The molecule has 4 aromatic rings. The van der Waals surface area contributed by atoms with Crippen molar-refractivity contribution < 1.29 is 17.6 Å². The number of anilines is 1. The number of para-hydroxylation sites is 1. The van der Waals surface area contributed by atoms with Gasteiger partial charge in [-0.3, -0.25) is 4.79 Å². The molecule has 33 heavy (non-hydrogen) atoms. The van der Waals surface area contributed by atoms with Gasteiger partial charge in [-0.05, 0) is 54.1 Å². The van der Waals surface area contributed by atoms with Gasteiger partial charge in [0.05, 0.1) is 29.1 Å². The molecule has 0 saturated carbocycles. The fourth-order valence-electron chi connectivity index (χ4n) is 4.12. The molecule has 0 spiro atoms. The maximum absolute atomic E-state index is 13.6. The predicted octanol–water partition coefficient (Wildman–Crippen LogP) is 4.37. The second-order valence-corrected chi connectivity index (χ2v) is 10.1. The Hall–Kier alpha value is -3.42. The smallest absolute Gasteiger partial charge is 0.201 e. The maximum Gasteiger partial charge on any atom is 0.201 e. The van der Waals surface area contributed by atoms with E-state index in [1.54, 1.807) is 24.3 Å². The van der Waals surface area contributed by atoms with Gasteiger partial charge >= 0.3 is 0 Å². The third-order valence-corrected chi connectivity index (χ3v) is 7.00. The second-order valence-electron chi connectivity index (χ2n) is 8.07. The number of morpholine rings is 1. The highest BCUT2D eigenvalue weighted by atomic mass is 32.2. The van der Waals surface area contributed by atoms with E-state index < -0.39 is 9.84 Å². The summed E-state index contributed by atoms with van der Waals surface area (Å²) in [6.07, 6.45) is 1.17. The van der Waals surface area contributed by atoms with E-state index in [1.807, 2.05) is 36.4 Å². The highest BCUT2D eigenvalue weighted by molar-refractivity contribution is 7.90. The van der Waals surface area contributed by atoms with Gasteiger partial charge in [0, 0.05) is 30.6 Å². The van der Waals surface area contributed by atoms with Crippen LogP contribution in [0, 0.1) is 0 Å². The Balaban J connectivity index is 1.66. The van der Waals surface area contributed by atoms with Crippen LogP contribution in [0.15, 0.2) is 86.9 Å². The van der Waals surface area contributed by atoms with Gasteiger partial charge in [-0.1, -0.05) is 24.3 Å². The van der Waals surface area contributed by atoms with Gasteiger partial charge < -0.3 is 14.1 Å². The molecule has 168 valence electrons. The summed E-state index contributed by atoms with van der Waals surface area (Å²) in [6, 6.07) is 21.4. The highest BCUT2D eigenvalue weighted by Gasteiger charge is 2.19. The third-order valence-electron chi connectivity index (χ3n) is 5.87. The molecule has 7 heteroatoms. The molecule has 0 aliphatic carbocycles. The summed E-state index contributed by atoms with van der Waals surface area (Å²) in [7, 11) is -3.33. The zero-order valence-corrected chi connectivity index (χ0v) is 19.0. The average Bonchev–Trinajstić information content (AvgIpc) is 2.84. The van der Waals surface area contributed by atoms with Crippen molar-refractivity contribution in [1.82, 2.24) is 0 Å². The molecule has 2 heterocycles. The van der Waals surface area contributed by atoms with Gasteiger partial charge in [-0.25, -0.2) is 8.42 Å². The van der Waals surface area contributed by atoms with Gasteiger partial charge in [-0.15, -0.1) is 0 Å². The van der Waals surface area contributed by atoms with Gasteiger partial charge in [-0.2, -0.15) is 0 Å². The van der Waals surface area contributed by atoms with Gasteiger partial charge in [0.2, 0.25) is 5.43 Å². The van der Waals surface area contributed by atoms with Crippen LogP contribution in [-0.2, 0) is 14.6 Å². The molecule has 0 N–H and O–H groups in total. The molecular formula is C26H23NO5S. The van der Waals surface area contributed by atoms with Crippen molar-refractivity contribution in [1.29, 1.82) is 0 Å². The topological polar surface area (TPSA) is 76.8 Å². The summed E-state index contributed by atoms with van der Waals surface area (Å²) in [5, 5.41) is 0.501. The Morgan fingerprint density at radius 2 is 1.45 bits per heavy atom. The largest absolute Gasteiger partial charge is 0.455 e. The fraction of sp³-hybridized carbons (Fsp3) is 0.192. The lowest BCUT2D eigenvalue weighted by Gasteiger charge is -2.29. The van der Waals surface area contributed by atoms with Crippen LogP contribution in [0.1, 0.15) is 0 Å². The summed E-state index contributed by atoms with van der Waals surface area (Å²) >= 11 is 0. The van der Waals surface area contributed by atoms with Gasteiger partial charge in [0.25, 0.3) is 0 Å². The van der Waals surface area contributed by atoms with Crippen molar-refractivity contribution in [3.63, 3.8) is 0 Å². The van der Waals surface area contributed by atoms with E-state index >= 15 is 0 Å². The van der Waals surface area contributed by atoms with Crippen LogP contribution in [0.4, 0.5) is 5.69 Å². The quantitative estimate of drug-likeness (QED) is 0.449. The minimum absolute atomic E-state index is 0.127. The molecular weight excluding hydrogens is 438 g/mol. The molecule has 1 aromatic heterocycles. The van der Waals surface area contributed by atoms with Crippen LogP contribution in [0.2, 0.25) is 0 Å². The van der Waals surface area contributed by atoms with Crippen molar-refractivity contribution in [3.05, 3.63) is 83.0 Å². The highest BCUT2D eigenvalue weighted by Crippen LogP contribution is 2.34. The standard InChI is InChI=1S/C26H23NO5S/c1-33(29,30)21-12-8-19(9-13-21)26-24(25(28)22-4-2-3-5-23(22)32-26)18-6-10-20(11-7-18)27-14-16-31-17-15-27/h2-13H,14-17H2,1H3. The SMILES string of the molecule is CS(=O)(=O)c1ccc(-c2oc3ccccc3c(=O)c2-c2ccc(N3CCOCC3)cc2)cc1. The summed E-state index contributed by atoms with van der Waals surface area (Å²) < 4.78 is 35.4. The molecule has 6 nitrogen and oxygen atoms in total. The number of nitrogens with zero attached hydrogens (tertiary/aromatic N) is 1. The summed E-state index contributed by atoms with van der Waals surface area (Å²) in [6.45, 7) is 3.05. The lowest BCUT2D eigenvalue weighted by molar-refractivity contribution is 0.122. The minimum Gasteiger partial charge on any atom is -0.455 e. The van der Waals surface area contributed by atoms with Crippen molar-refractivity contribution in [2.24, 2.45) is 0 Å². The van der Waals surface area contributed by atoms with Crippen LogP contribution in [0.25, 0.3) is 33.4 Å². The summed E-state index contributed by atoms with van der Waals surface area (Å²) in [5.41, 5.74) is 3.27. The zero-order chi connectivity index (χ0) is 23.0. The molecule has 0 radical (unpaired) electrons. The molecule has 1 saturated heterocycles. The van der Waals surface area contributed by atoms with E-state index in [1.165, 1.54) is 18.4 Å². The zero-order valence-electron chi connectivity index (χ0n) is 18.2. The van der Waals surface area contributed by atoms with Crippen molar-refractivity contribution in [2.75, 3.05) is 37.5 Å². The number of hydrogen-bond donors (Lipinski definition) is 0. The van der Waals surface area contributed by atoms with Crippen molar-refractivity contribution in [3.8, 4) is 22.5 Å². The first-order chi connectivity index (χ1) is 15.9. The van der Waals surface area contributed by atoms with Gasteiger partial charge in [0.15, 0.2) is 9.84 Å². The molecule has 3 aromatic carbocycles. The fourth-order valence-corrected chi connectivity index (χ4v) is 4.75. The number of ether oxygens (including phenoxy) is 1. The third kappa shape index (κ3) is 4.17. The predicted molar refractivity (Wildman–Crippen MR) is 129 cm³/mol. The lowest BCUT2D eigenvalue weighted by atomic mass is 9.98. The molecule has 1 aliphatic rings. The molecule has 1 aliphatic heterocycles. The van der Waals surface area contributed by atoms with Crippen LogP contribution in [0.3, 0.4) is 0 Å². The van der Waals surface area contributed by atoms with E-state index in [2.05, 4.69) is 4.90 Å². The van der Waals surface area contributed by atoms with E-state index in [9.17, 15) is 13.2 Å². The number of hydrogen-bond acceptors (Lipinski definition) is 6. The van der Waals surface area contributed by atoms with Gasteiger partial charge in [0.1, 0.15) is 11.3 Å². The molecule has 5 rings (SSSR count). The van der Waals surface area contributed by atoms with Crippen molar-refractivity contribution in [2.45, 2.75) is 4.90 Å². The van der Waals surface area contributed by atoms with E-state index in [0.717, 1.165) is 24.3 Å². The summed E-state index contributed by atoms with van der Waals surface area (Å²) in [5.74, 6) is 0.415.